The third kappa shape index (κ3) is 4.68. The van der Waals surface area contributed by atoms with Crippen LogP contribution in [0, 0.1) is 5.92 Å². The van der Waals surface area contributed by atoms with Gasteiger partial charge in [0, 0.05) is 0 Å². The summed E-state index contributed by atoms with van der Waals surface area (Å²) in [4.78, 5) is 11.5. The number of esters is 1. The molecule has 1 rings (SSSR count). The Morgan fingerprint density at radius 3 is 2.45 bits per heavy atom. The highest BCUT2D eigenvalue weighted by Gasteiger charge is 2.40. The Hall–Kier alpha value is -0.730. The predicted octanol–water partition coefficient (Wildman–Crippen LogP) is 0.704. The number of rotatable bonds is 6. The number of nitrogens with two attached hydrogens (primary N) is 1. The van der Waals surface area contributed by atoms with Crippen LogP contribution in [0.5, 0.6) is 0 Å². The molecule has 1 aliphatic carbocycles. The van der Waals surface area contributed by atoms with Gasteiger partial charge in [-0.05, 0) is 38.5 Å². The van der Waals surface area contributed by atoms with Crippen LogP contribution in [0.2, 0.25) is 0 Å². The molecule has 20 heavy (non-hydrogen) atoms. The summed E-state index contributed by atoms with van der Waals surface area (Å²) in [5.74, 6) is -0.963. The molecule has 1 saturated carbocycles. The number of carbonyl (C=O) groups excluding carboxylic acids is 1. The van der Waals surface area contributed by atoms with Gasteiger partial charge in [-0.3, -0.25) is 4.79 Å². The minimum Gasteiger partial charge on any atom is -0.465 e. The van der Waals surface area contributed by atoms with Crippen molar-refractivity contribution >= 4 is 33.2 Å². The van der Waals surface area contributed by atoms with Crippen molar-refractivity contribution in [3.63, 3.8) is 0 Å². The summed E-state index contributed by atoms with van der Waals surface area (Å²) < 4.78 is 31.3. The average Bonchev–Trinajstić information content (AvgIpc) is 2.31. The molecule has 0 atom stereocenters. The average molecular weight is 322 g/mol. The van der Waals surface area contributed by atoms with Crippen LogP contribution in [-0.2, 0) is 19.6 Å². The molecule has 0 bridgehead atoms. The first kappa shape index (κ1) is 17.3. The van der Waals surface area contributed by atoms with E-state index in [0.29, 0.717) is 18.8 Å². The van der Waals surface area contributed by atoms with E-state index < -0.39 is 27.3 Å². The summed E-state index contributed by atoms with van der Waals surface area (Å²) in [6.45, 7) is 3.87. The summed E-state index contributed by atoms with van der Waals surface area (Å²) in [6, 6.07) is 0. The lowest BCUT2D eigenvalue weighted by molar-refractivity contribution is -0.139. The molecule has 0 aromatic carbocycles. The van der Waals surface area contributed by atoms with E-state index in [2.05, 4.69) is 16.4 Å². The van der Waals surface area contributed by atoms with Crippen LogP contribution in [0.1, 0.15) is 39.5 Å². The molecular weight excluding hydrogens is 300 g/mol. The number of sulfonamides is 1. The molecular formula is C12H22N2O4S2. The molecule has 8 heteroatoms. The molecule has 0 heterocycles. The molecule has 0 spiro atoms. The molecule has 0 aromatic heterocycles. The van der Waals surface area contributed by atoms with Gasteiger partial charge >= 0.3 is 5.97 Å². The zero-order valence-corrected chi connectivity index (χ0v) is 13.5. The Kier molecular flexibility index (Phi) is 5.91. The first-order valence-electron chi connectivity index (χ1n) is 6.68. The summed E-state index contributed by atoms with van der Waals surface area (Å²) >= 11 is 5.03. The predicted molar refractivity (Wildman–Crippen MR) is 80.7 cm³/mol. The van der Waals surface area contributed by atoms with E-state index in [1.165, 1.54) is 0 Å². The Morgan fingerprint density at radius 2 is 2.00 bits per heavy atom. The van der Waals surface area contributed by atoms with Crippen LogP contribution < -0.4 is 10.5 Å². The molecule has 6 nitrogen and oxygen atoms in total. The Morgan fingerprint density at radius 1 is 1.45 bits per heavy atom. The molecule has 1 aliphatic rings. The molecule has 0 aromatic rings. The highest BCUT2D eigenvalue weighted by Crippen LogP contribution is 2.32. The van der Waals surface area contributed by atoms with Gasteiger partial charge in [0.25, 0.3) is 0 Å². The maximum Gasteiger partial charge on any atom is 0.322 e. The van der Waals surface area contributed by atoms with E-state index in [1.807, 2.05) is 0 Å². The molecule has 0 aliphatic heterocycles. The Labute approximate surface area is 125 Å². The lowest BCUT2D eigenvalue weighted by atomic mass is 9.78. The van der Waals surface area contributed by atoms with Crippen molar-refractivity contribution in [3.8, 4) is 0 Å². The fourth-order valence-electron chi connectivity index (χ4n) is 2.35. The lowest BCUT2D eigenvalue weighted by Gasteiger charge is -2.38. The van der Waals surface area contributed by atoms with Crippen LogP contribution >= 0.6 is 12.2 Å². The van der Waals surface area contributed by atoms with Crippen molar-refractivity contribution in [1.82, 2.24) is 4.72 Å². The number of hydrogen-bond donors (Lipinski definition) is 2. The second-order valence-electron chi connectivity index (χ2n) is 5.30. The van der Waals surface area contributed by atoms with Gasteiger partial charge in [-0.15, -0.1) is 0 Å². The lowest BCUT2D eigenvalue weighted by Crippen LogP contribution is -2.59. The van der Waals surface area contributed by atoms with E-state index in [-0.39, 0.29) is 11.6 Å². The van der Waals surface area contributed by atoms with E-state index in [1.54, 1.807) is 6.92 Å². The van der Waals surface area contributed by atoms with E-state index in [0.717, 1.165) is 12.8 Å². The molecule has 1 fully saturated rings. The highest BCUT2D eigenvalue weighted by molar-refractivity contribution is 7.90. The standard InChI is InChI=1S/C12H22N2O4S2/c1-3-18-10(15)8-20(16,17)14-12(11(13)19)6-4-9(2)5-7-12/h9,14H,3-8H2,1-2H3,(H2,13,19). The zero-order valence-electron chi connectivity index (χ0n) is 11.8. The van der Waals surface area contributed by atoms with Crippen molar-refractivity contribution in [1.29, 1.82) is 0 Å². The number of thiocarbonyl (C=S) groups is 1. The smallest absolute Gasteiger partial charge is 0.322 e. The van der Waals surface area contributed by atoms with Crippen molar-refractivity contribution in [2.75, 3.05) is 12.4 Å². The van der Waals surface area contributed by atoms with Gasteiger partial charge in [-0.2, -0.15) is 0 Å². The third-order valence-corrected chi connectivity index (χ3v) is 5.27. The van der Waals surface area contributed by atoms with Crippen molar-refractivity contribution in [3.05, 3.63) is 0 Å². The van der Waals surface area contributed by atoms with Crippen molar-refractivity contribution in [2.45, 2.75) is 45.1 Å². The largest absolute Gasteiger partial charge is 0.465 e. The zero-order chi connectivity index (χ0) is 15.4. The molecule has 0 saturated heterocycles. The van der Waals surface area contributed by atoms with Gasteiger partial charge < -0.3 is 10.5 Å². The normalized spacial score (nSPS) is 27.0. The fourth-order valence-corrected chi connectivity index (χ4v) is 4.04. The van der Waals surface area contributed by atoms with E-state index in [4.69, 9.17) is 18.0 Å². The Balaban J connectivity index is 2.80. The summed E-state index contributed by atoms with van der Waals surface area (Å²) in [5.41, 5.74) is 4.82. The molecule has 0 radical (unpaired) electrons. The topological polar surface area (TPSA) is 98.5 Å². The number of hydrogen-bond acceptors (Lipinski definition) is 5. The van der Waals surface area contributed by atoms with Gasteiger partial charge in [0.15, 0.2) is 5.75 Å². The quantitative estimate of drug-likeness (QED) is 0.552. The van der Waals surface area contributed by atoms with Crippen LogP contribution in [0.3, 0.4) is 0 Å². The summed E-state index contributed by atoms with van der Waals surface area (Å²) in [7, 11) is -3.82. The first-order valence-corrected chi connectivity index (χ1v) is 8.74. The van der Waals surface area contributed by atoms with Crippen LogP contribution in [0.15, 0.2) is 0 Å². The second kappa shape index (κ2) is 6.82. The van der Waals surface area contributed by atoms with Crippen LogP contribution in [0.4, 0.5) is 0 Å². The Bertz CT molecular complexity index is 468. The van der Waals surface area contributed by atoms with Gasteiger partial charge in [0.1, 0.15) is 0 Å². The molecule has 0 amide bonds. The third-order valence-electron chi connectivity index (χ3n) is 3.56. The monoisotopic (exact) mass is 322 g/mol. The maximum atomic E-state index is 12.0. The second-order valence-corrected chi connectivity index (χ2v) is 7.46. The molecule has 0 unspecified atom stereocenters. The highest BCUT2D eigenvalue weighted by atomic mass is 32.2. The van der Waals surface area contributed by atoms with Crippen molar-refractivity contribution < 1.29 is 17.9 Å². The van der Waals surface area contributed by atoms with Gasteiger partial charge in [-0.25, -0.2) is 13.1 Å². The number of nitrogens with one attached hydrogen (secondary N) is 1. The van der Waals surface area contributed by atoms with Gasteiger partial charge in [-0.1, -0.05) is 19.1 Å². The van der Waals surface area contributed by atoms with Crippen LogP contribution in [0.25, 0.3) is 0 Å². The minimum absolute atomic E-state index is 0.136. The summed E-state index contributed by atoms with van der Waals surface area (Å²) in [6.07, 6.45) is 2.82. The molecule has 116 valence electrons. The molecule has 3 N–H and O–H groups in total. The van der Waals surface area contributed by atoms with Crippen molar-refractivity contribution in [2.24, 2.45) is 11.7 Å². The number of carbonyl (C=O) groups is 1. The van der Waals surface area contributed by atoms with E-state index >= 15 is 0 Å². The summed E-state index contributed by atoms with van der Waals surface area (Å²) in [5, 5.41) is 0. The maximum absolute atomic E-state index is 12.0. The van der Waals surface area contributed by atoms with Gasteiger partial charge in [0.05, 0.1) is 17.1 Å². The number of ether oxygens (including phenoxy) is 1. The SMILES string of the molecule is CCOC(=O)CS(=O)(=O)NC1(C(N)=S)CCC(C)CC1. The van der Waals surface area contributed by atoms with E-state index in [9.17, 15) is 13.2 Å². The first-order chi connectivity index (χ1) is 9.21. The van der Waals surface area contributed by atoms with Crippen LogP contribution in [-0.4, -0.2) is 37.3 Å². The van der Waals surface area contributed by atoms with Gasteiger partial charge in [0.2, 0.25) is 10.0 Å². The minimum atomic E-state index is -3.82. The fraction of sp³-hybridized carbons (Fsp3) is 0.833.